The molecule has 0 heterocycles. The molecule has 0 fully saturated rings. The summed E-state index contributed by atoms with van der Waals surface area (Å²) in [5.74, 6) is 0.766. The lowest BCUT2D eigenvalue weighted by Crippen LogP contribution is -1.94. The molecule has 0 radical (unpaired) electrons. The quantitative estimate of drug-likeness (QED) is 0.525. The van der Waals surface area contributed by atoms with Crippen LogP contribution in [0.3, 0.4) is 0 Å². The molecule has 1 atom stereocenters. The van der Waals surface area contributed by atoms with Crippen LogP contribution in [0.15, 0.2) is 36.0 Å². The van der Waals surface area contributed by atoms with Gasteiger partial charge in [0.05, 0.1) is 0 Å². The zero-order valence-corrected chi connectivity index (χ0v) is 10.1. The lowest BCUT2D eigenvalue weighted by molar-refractivity contribution is 0.562. The van der Waals surface area contributed by atoms with Crippen molar-refractivity contribution >= 4 is 0 Å². The second-order valence-electron chi connectivity index (χ2n) is 4.04. The standard InChI is InChI=1S/C14H24/c1-6-9-14(10-12(4)7-2)11-13(5)8-3/h6,9-10,13H,1,7-8,11H2,2-5H3. The summed E-state index contributed by atoms with van der Waals surface area (Å²) >= 11 is 0. The van der Waals surface area contributed by atoms with Crippen LogP contribution in [0.25, 0.3) is 0 Å². The molecular formula is C14H24. The highest BCUT2D eigenvalue weighted by molar-refractivity contribution is 5.26. The zero-order valence-electron chi connectivity index (χ0n) is 10.1. The fraction of sp³-hybridized carbons (Fsp3) is 0.571. The van der Waals surface area contributed by atoms with E-state index < -0.39 is 0 Å². The molecule has 0 nitrogen and oxygen atoms in total. The molecule has 0 heteroatoms. The van der Waals surface area contributed by atoms with Crippen LogP contribution in [0, 0.1) is 5.92 Å². The first kappa shape index (κ1) is 13.2. The van der Waals surface area contributed by atoms with E-state index in [4.69, 9.17) is 0 Å². The van der Waals surface area contributed by atoms with E-state index in [1.54, 1.807) is 0 Å². The largest absolute Gasteiger partial charge is 0.0991 e. The van der Waals surface area contributed by atoms with Gasteiger partial charge in [-0.3, -0.25) is 0 Å². The Bertz CT molecular complexity index is 218. The van der Waals surface area contributed by atoms with E-state index in [1.165, 1.54) is 24.0 Å². The van der Waals surface area contributed by atoms with Crippen molar-refractivity contribution in [3.63, 3.8) is 0 Å². The molecule has 80 valence electrons. The molecule has 1 unspecified atom stereocenters. The first-order chi connectivity index (χ1) is 6.63. The number of hydrogen-bond donors (Lipinski definition) is 0. The second-order valence-corrected chi connectivity index (χ2v) is 4.04. The molecule has 0 amide bonds. The molecule has 14 heavy (non-hydrogen) atoms. The molecule has 0 spiro atoms. The number of rotatable bonds is 6. The van der Waals surface area contributed by atoms with Crippen molar-refractivity contribution in [3.05, 3.63) is 36.0 Å². The van der Waals surface area contributed by atoms with Crippen LogP contribution >= 0.6 is 0 Å². The fourth-order valence-corrected chi connectivity index (χ4v) is 1.29. The SMILES string of the molecule is C=CC=C(C=C(C)CC)CC(C)CC. The Morgan fingerprint density at radius 2 is 2.00 bits per heavy atom. The van der Waals surface area contributed by atoms with Crippen molar-refractivity contribution in [2.45, 2.75) is 47.0 Å². The van der Waals surface area contributed by atoms with Gasteiger partial charge in [0.15, 0.2) is 0 Å². The van der Waals surface area contributed by atoms with E-state index in [9.17, 15) is 0 Å². The van der Waals surface area contributed by atoms with Crippen molar-refractivity contribution in [2.24, 2.45) is 5.92 Å². The van der Waals surface area contributed by atoms with Gasteiger partial charge >= 0.3 is 0 Å². The third kappa shape index (κ3) is 5.80. The predicted octanol–water partition coefficient (Wildman–Crippen LogP) is 4.89. The maximum atomic E-state index is 3.76. The Morgan fingerprint density at radius 3 is 2.43 bits per heavy atom. The van der Waals surface area contributed by atoms with Gasteiger partial charge in [-0.1, -0.05) is 57.6 Å². The summed E-state index contributed by atoms with van der Waals surface area (Å²) in [4.78, 5) is 0. The lowest BCUT2D eigenvalue weighted by Gasteiger charge is -2.09. The molecular weight excluding hydrogens is 168 g/mol. The predicted molar refractivity (Wildman–Crippen MR) is 66.4 cm³/mol. The molecule has 0 aliphatic heterocycles. The maximum absolute atomic E-state index is 3.76. The van der Waals surface area contributed by atoms with E-state index >= 15 is 0 Å². The topological polar surface area (TPSA) is 0 Å². The van der Waals surface area contributed by atoms with Crippen LogP contribution in [0.4, 0.5) is 0 Å². The van der Waals surface area contributed by atoms with Gasteiger partial charge in [0.1, 0.15) is 0 Å². The van der Waals surface area contributed by atoms with Crippen molar-refractivity contribution < 1.29 is 0 Å². The zero-order chi connectivity index (χ0) is 11.0. The molecule has 0 aromatic heterocycles. The average molecular weight is 192 g/mol. The van der Waals surface area contributed by atoms with Crippen molar-refractivity contribution in [3.8, 4) is 0 Å². The van der Waals surface area contributed by atoms with Crippen LogP contribution in [0.2, 0.25) is 0 Å². The Morgan fingerprint density at radius 1 is 1.36 bits per heavy atom. The first-order valence-corrected chi connectivity index (χ1v) is 5.62. The second kappa shape index (κ2) is 7.61. The minimum atomic E-state index is 0.766. The molecule has 0 aromatic carbocycles. The molecule has 0 N–H and O–H groups in total. The van der Waals surface area contributed by atoms with Gasteiger partial charge in [-0.05, 0) is 31.3 Å². The lowest BCUT2D eigenvalue weighted by atomic mass is 9.97. The van der Waals surface area contributed by atoms with Crippen LogP contribution in [-0.2, 0) is 0 Å². The summed E-state index contributed by atoms with van der Waals surface area (Å²) in [5.41, 5.74) is 2.86. The third-order valence-electron chi connectivity index (χ3n) is 2.60. The van der Waals surface area contributed by atoms with Gasteiger partial charge in [0, 0.05) is 0 Å². The highest BCUT2D eigenvalue weighted by atomic mass is 14.1. The molecule has 0 bridgehead atoms. The smallest absolute Gasteiger partial charge is 0.0253 e. The van der Waals surface area contributed by atoms with E-state index in [0.717, 1.165) is 12.3 Å². The Labute approximate surface area is 89.4 Å². The summed E-state index contributed by atoms with van der Waals surface area (Å²) in [6, 6.07) is 0. The first-order valence-electron chi connectivity index (χ1n) is 5.62. The van der Waals surface area contributed by atoms with Crippen LogP contribution in [0.1, 0.15) is 47.0 Å². The van der Waals surface area contributed by atoms with Gasteiger partial charge in [-0.2, -0.15) is 0 Å². The summed E-state index contributed by atoms with van der Waals surface area (Å²) in [6.07, 6.45) is 9.86. The Kier molecular flexibility index (Phi) is 7.18. The van der Waals surface area contributed by atoms with Crippen molar-refractivity contribution in [1.29, 1.82) is 0 Å². The third-order valence-corrected chi connectivity index (χ3v) is 2.60. The summed E-state index contributed by atoms with van der Waals surface area (Å²) in [6.45, 7) is 12.7. The normalized spacial score (nSPS) is 15.4. The molecule has 0 saturated heterocycles. The monoisotopic (exact) mass is 192 g/mol. The van der Waals surface area contributed by atoms with Gasteiger partial charge < -0.3 is 0 Å². The summed E-state index contributed by atoms with van der Waals surface area (Å²) in [7, 11) is 0. The number of hydrogen-bond acceptors (Lipinski definition) is 0. The Balaban J connectivity index is 4.46. The minimum absolute atomic E-state index is 0.766. The van der Waals surface area contributed by atoms with Crippen LogP contribution in [0.5, 0.6) is 0 Å². The van der Waals surface area contributed by atoms with E-state index in [1.807, 2.05) is 6.08 Å². The molecule has 0 aliphatic rings. The minimum Gasteiger partial charge on any atom is -0.0991 e. The molecule has 0 rings (SSSR count). The number of allylic oxidation sites excluding steroid dienone is 5. The average Bonchev–Trinajstić information content (AvgIpc) is 2.17. The summed E-state index contributed by atoms with van der Waals surface area (Å²) in [5, 5.41) is 0. The maximum Gasteiger partial charge on any atom is -0.0253 e. The fourth-order valence-electron chi connectivity index (χ4n) is 1.29. The van der Waals surface area contributed by atoms with Gasteiger partial charge in [0.25, 0.3) is 0 Å². The Hall–Kier alpha value is -0.780. The van der Waals surface area contributed by atoms with E-state index in [-0.39, 0.29) is 0 Å². The van der Waals surface area contributed by atoms with Crippen molar-refractivity contribution in [2.75, 3.05) is 0 Å². The summed E-state index contributed by atoms with van der Waals surface area (Å²) < 4.78 is 0. The highest BCUT2D eigenvalue weighted by Gasteiger charge is 2.01. The van der Waals surface area contributed by atoms with Crippen molar-refractivity contribution in [1.82, 2.24) is 0 Å². The van der Waals surface area contributed by atoms with Gasteiger partial charge in [-0.15, -0.1) is 0 Å². The van der Waals surface area contributed by atoms with Gasteiger partial charge in [-0.25, -0.2) is 0 Å². The van der Waals surface area contributed by atoms with E-state index in [0.29, 0.717) is 0 Å². The highest BCUT2D eigenvalue weighted by Crippen LogP contribution is 2.17. The molecule has 0 saturated carbocycles. The molecule has 0 aliphatic carbocycles. The van der Waals surface area contributed by atoms with Crippen LogP contribution in [-0.4, -0.2) is 0 Å². The van der Waals surface area contributed by atoms with Crippen LogP contribution < -0.4 is 0 Å². The van der Waals surface area contributed by atoms with Gasteiger partial charge in [0.2, 0.25) is 0 Å². The molecule has 0 aromatic rings. The van der Waals surface area contributed by atoms with E-state index in [2.05, 4.69) is 46.4 Å².